The Labute approximate surface area is 112 Å². The standard InChI is InChI=1S/C16H16FNO/c1-11(19)16-13(17)6-4-8-15(16)18-10-9-12-5-2-3-7-14(12)18/h2-8,11,19H,9-10H2,1H3. The van der Waals surface area contributed by atoms with Gasteiger partial charge in [-0.05, 0) is 37.1 Å². The molecule has 0 aliphatic carbocycles. The van der Waals surface area contributed by atoms with Crippen LogP contribution in [0.15, 0.2) is 42.5 Å². The van der Waals surface area contributed by atoms with Crippen LogP contribution >= 0.6 is 0 Å². The molecule has 2 aromatic carbocycles. The van der Waals surface area contributed by atoms with Gasteiger partial charge in [0, 0.05) is 23.5 Å². The molecule has 3 rings (SSSR count). The van der Waals surface area contributed by atoms with E-state index in [4.69, 9.17) is 0 Å². The Balaban J connectivity index is 2.12. The molecule has 1 atom stereocenters. The molecule has 0 radical (unpaired) electrons. The van der Waals surface area contributed by atoms with Gasteiger partial charge in [-0.1, -0.05) is 24.3 Å². The van der Waals surface area contributed by atoms with Gasteiger partial charge in [0.2, 0.25) is 0 Å². The van der Waals surface area contributed by atoms with Gasteiger partial charge in [-0.2, -0.15) is 0 Å². The molecule has 0 saturated heterocycles. The van der Waals surface area contributed by atoms with Crippen molar-refractivity contribution >= 4 is 11.4 Å². The molecular formula is C16H16FNO. The normalized spacial score (nSPS) is 15.4. The predicted molar refractivity (Wildman–Crippen MR) is 74.2 cm³/mol. The summed E-state index contributed by atoms with van der Waals surface area (Å²) in [4.78, 5) is 2.08. The third-order valence-electron chi connectivity index (χ3n) is 3.63. The maximum Gasteiger partial charge on any atom is 0.131 e. The molecule has 19 heavy (non-hydrogen) atoms. The number of para-hydroxylation sites is 1. The highest BCUT2D eigenvalue weighted by atomic mass is 19.1. The molecule has 1 N–H and O–H groups in total. The number of fused-ring (bicyclic) bond motifs is 1. The smallest absolute Gasteiger partial charge is 0.131 e. The van der Waals surface area contributed by atoms with Gasteiger partial charge in [0.05, 0.1) is 6.10 Å². The zero-order valence-corrected chi connectivity index (χ0v) is 10.8. The minimum Gasteiger partial charge on any atom is -0.389 e. The Kier molecular flexibility index (Phi) is 2.99. The molecule has 1 aliphatic rings. The Bertz CT molecular complexity index is 609. The van der Waals surface area contributed by atoms with E-state index in [0.29, 0.717) is 5.56 Å². The van der Waals surface area contributed by atoms with E-state index in [-0.39, 0.29) is 5.82 Å². The molecule has 0 amide bonds. The van der Waals surface area contributed by atoms with Gasteiger partial charge >= 0.3 is 0 Å². The summed E-state index contributed by atoms with van der Waals surface area (Å²) in [7, 11) is 0. The molecular weight excluding hydrogens is 241 g/mol. The lowest BCUT2D eigenvalue weighted by molar-refractivity contribution is 0.194. The number of aliphatic hydroxyl groups is 1. The molecule has 0 bridgehead atoms. The molecule has 1 heterocycles. The summed E-state index contributed by atoms with van der Waals surface area (Å²) in [5.41, 5.74) is 3.51. The largest absolute Gasteiger partial charge is 0.389 e. The number of nitrogens with zero attached hydrogens (tertiary/aromatic N) is 1. The first-order chi connectivity index (χ1) is 9.18. The van der Waals surface area contributed by atoms with Gasteiger partial charge in [0.15, 0.2) is 0 Å². The van der Waals surface area contributed by atoms with Crippen molar-refractivity contribution in [2.45, 2.75) is 19.4 Å². The molecule has 0 spiro atoms. The fraction of sp³-hybridized carbons (Fsp3) is 0.250. The van der Waals surface area contributed by atoms with E-state index in [9.17, 15) is 9.50 Å². The molecule has 2 aromatic rings. The van der Waals surface area contributed by atoms with Crippen molar-refractivity contribution in [3.05, 3.63) is 59.4 Å². The second-order valence-electron chi connectivity index (χ2n) is 4.88. The van der Waals surface area contributed by atoms with E-state index in [2.05, 4.69) is 11.0 Å². The summed E-state index contributed by atoms with van der Waals surface area (Å²) in [5.74, 6) is -0.350. The fourth-order valence-corrected chi connectivity index (χ4v) is 2.76. The first-order valence-corrected chi connectivity index (χ1v) is 6.50. The minimum atomic E-state index is -0.816. The van der Waals surface area contributed by atoms with Crippen LogP contribution in [0.5, 0.6) is 0 Å². The highest BCUT2D eigenvalue weighted by molar-refractivity contribution is 5.72. The summed E-state index contributed by atoms with van der Waals surface area (Å²) in [6, 6.07) is 13.1. The molecule has 1 unspecified atom stereocenters. The average Bonchev–Trinajstić information content (AvgIpc) is 2.81. The summed E-state index contributed by atoms with van der Waals surface area (Å²) < 4.78 is 13.9. The zero-order chi connectivity index (χ0) is 13.4. The van der Waals surface area contributed by atoms with Crippen molar-refractivity contribution in [1.82, 2.24) is 0 Å². The van der Waals surface area contributed by atoms with E-state index < -0.39 is 6.10 Å². The molecule has 0 fully saturated rings. The zero-order valence-electron chi connectivity index (χ0n) is 10.8. The van der Waals surface area contributed by atoms with Crippen LogP contribution in [0.25, 0.3) is 0 Å². The first kappa shape index (κ1) is 12.2. The van der Waals surface area contributed by atoms with Crippen LogP contribution in [0.4, 0.5) is 15.8 Å². The summed E-state index contributed by atoms with van der Waals surface area (Å²) >= 11 is 0. The van der Waals surface area contributed by atoms with E-state index in [1.54, 1.807) is 13.0 Å². The van der Waals surface area contributed by atoms with Crippen molar-refractivity contribution in [3.63, 3.8) is 0 Å². The molecule has 2 nitrogen and oxygen atoms in total. The predicted octanol–water partition coefficient (Wildman–Crippen LogP) is 3.57. The topological polar surface area (TPSA) is 23.5 Å². The number of anilines is 2. The number of hydrogen-bond donors (Lipinski definition) is 1. The van der Waals surface area contributed by atoms with Crippen molar-refractivity contribution in [2.75, 3.05) is 11.4 Å². The lowest BCUT2D eigenvalue weighted by Gasteiger charge is -2.24. The average molecular weight is 257 g/mol. The molecule has 0 saturated carbocycles. The monoisotopic (exact) mass is 257 g/mol. The molecule has 98 valence electrons. The number of hydrogen-bond acceptors (Lipinski definition) is 2. The van der Waals surface area contributed by atoms with E-state index >= 15 is 0 Å². The summed E-state index contributed by atoms with van der Waals surface area (Å²) in [5, 5.41) is 9.83. The van der Waals surface area contributed by atoms with Crippen molar-refractivity contribution in [3.8, 4) is 0 Å². The van der Waals surface area contributed by atoms with Gasteiger partial charge < -0.3 is 10.0 Å². The number of rotatable bonds is 2. The van der Waals surface area contributed by atoms with Gasteiger partial charge in [0.1, 0.15) is 5.82 Å². The highest BCUT2D eigenvalue weighted by Crippen LogP contribution is 2.38. The number of benzene rings is 2. The van der Waals surface area contributed by atoms with Gasteiger partial charge in [-0.25, -0.2) is 4.39 Å². The number of halogens is 1. The maximum atomic E-state index is 13.9. The molecule has 0 aromatic heterocycles. The van der Waals surface area contributed by atoms with Crippen LogP contribution in [-0.2, 0) is 6.42 Å². The quantitative estimate of drug-likeness (QED) is 0.889. The first-order valence-electron chi connectivity index (χ1n) is 6.50. The van der Waals surface area contributed by atoms with Crippen LogP contribution in [0.2, 0.25) is 0 Å². The van der Waals surface area contributed by atoms with Gasteiger partial charge in [0.25, 0.3) is 0 Å². The van der Waals surface area contributed by atoms with E-state index in [1.165, 1.54) is 11.6 Å². The molecule has 1 aliphatic heterocycles. The van der Waals surface area contributed by atoms with Crippen LogP contribution < -0.4 is 4.90 Å². The van der Waals surface area contributed by atoms with Crippen molar-refractivity contribution in [1.29, 1.82) is 0 Å². The van der Waals surface area contributed by atoms with Gasteiger partial charge in [-0.3, -0.25) is 0 Å². The fourth-order valence-electron chi connectivity index (χ4n) is 2.76. The lowest BCUT2D eigenvalue weighted by Crippen LogP contribution is -2.16. The van der Waals surface area contributed by atoms with Crippen molar-refractivity contribution in [2.24, 2.45) is 0 Å². The van der Waals surface area contributed by atoms with E-state index in [1.807, 2.05) is 24.3 Å². The minimum absolute atomic E-state index is 0.350. The highest BCUT2D eigenvalue weighted by Gasteiger charge is 2.24. The van der Waals surface area contributed by atoms with Crippen LogP contribution in [-0.4, -0.2) is 11.7 Å². The summed E-state index contributed by atoms with van der Waals surface area (Å²) in [6.07, 6.45) is 0.135. The van der Waals surface area contributed by atoms with Crippen LogP contribution in [0.3, 0.4) is 0 Å². The maximum absolute atomic E-state index is 13.9. The van der Waals surface area contributed by atoms with E-state index in [0.717, 1.165) is 24.3 Å². The van der Waals surface area contributed by atoms with Gasteiger partial charge in [-0.15, -0.1) is 0 Å². The Morgan fingerprint density at radius 1 is 1.11 bits per heavy atom. The second-order valence-corrected chi connectivity index (χ2v) is 4.88. The lowest BCUT2D eigenvalue weighted by atomic mass is 10.1. The molecule has 3 heteroatoms. The summed E-state index contributed by atoms with van der Waals surface area (Å²) in [6.45, 7) is 2.42. The number of aliphatic hydroxyl groups excluding tert-OH is 1. The second kappa shape index (κ2) is 4.67. The third kappa shape index (κ3) is 2.00. The van der Waals surface area contributed by atoms with Crippen LogP contribution in [0, 0.1) is 5.82 Å². The SMILES string of the molecule is CC(O)c1c(F)cccc1N1CCc2ccccc21. The van der Waals surface area contributed by atoms with Crippen molar-refractivity contribution < 1.29 is 9.50 Å². The third-order valence-corrected chi connectivity index (χ3v) is 3.63. The Hall–Kier alpha value is -1.87. The van der Waals surface area contributed by atoms with Crippen LogP contribution in [0.1, 0.15) is 24.2 Å². The Morgan fingerprint density at radius 3 is 2.63 bits per heavy atom. The Morgan fingerprint density at radius 2 is 1.84 bits per heavy atom.